The molecule has 1 saturated heterocycles. The first kappa shape index (κ1) is 22.0. The van der Waals surface area contributed by atoms with Crippen LogP contribution in [0.15, 0.2) is 24.3 Å². The minimum atomic E-state index is -0.333. The van der Waals surface area contributed by atoms with E-state index in [2.05, 4.69) is 4.90 Å². The van der Waals surface area contributed by atoms with Gasteiger partial charge in [-0.25, -0.2) is 0 Å². The monoisotopic (exact) mass is 414 g/mol. The van der Waals surface area contributed by atoms with Crippen molar-refractivity contribution in [3.05, 3.63) is 35.4 Å². The number of fused-ring (bicyclic) bond motifs is 1. The predicted octanol–water partition coefficient (Wildman–Crippen LogP) is 1.08. The predicted molar refractivity (Wildman–Crippen MR) is 112 cm³/mol. The SMILES string of the molecule is CCN(CC)C(=O)CN1CCCN(C(=O)CCN2C(=O)c3ccccc3C2=O)CC1. The van der Waals surface area contributed by atoms with Crippen LogP contribution in [0, 0.1) is 0 Å². The average molecular weight is 415 g/mol. The highest BCUT2D eigenvalue weighted by Crippen LogP contribution is 2.22. The van der Waals surface area contributed by atoms with E-state index >= 15 is 0 Å². The first-order chi connectivity index (χ1) is 14.5. The highest BCUT2D eigenvalue weighted by atomic mass is 16.2. The molecule has 2 heterocycles. The minimum absolute atomic E-state index is 0.0662. The molecule has 0 N–H and O–H groups in total. The Morgan fingerprint density at radius 1 is 0.933 bits per heavy atom. The van der Waals surface area contributed by atoms with E-state index in [0.717, 1.165) is 17.9 Å². The summed E-state index contributed by atoms with van der Waals surface area (Å²) in [5.74, 6) is -0.616. The minimum Gasteiger partial charge on any atom is -0.342 e. The van der Waals surface area contributed by atoms with Crippen molar-refractivity contribution in [2.75, 3.05) is 52.4 Å². The Balaban J connectivity index is 1.49. The molecule has 4 amide bonds. The summed E-state index contributed by atoms with van der Waals surface area (Å²) in [7, 11) is 0. The molecule has 0 aromatic heterocycles. The Kier molecular flexibility index (Phi) is 7.20. The number of imide groups is 1. The molecule has 0 spiro atoms. The Labute approximate surface area is 177 Å². The quantitative estimate of drug-likeness (QED) is 0.624. The number of nitrogens with zero attached hydrogens (tertiary/aromatic N) is 4. The van der Waals surface area contributed by atoms with Gasteiger partial charge in [0.15, 0.2) is 0 Å². The maximum Gasteiger partial charge on any atom is 0.261 e. The molecule has 0 bridgehead atoms. The molecule has 8 heteroatoms. The van der Waals surface area contributed by atoms with E-state index in [1.807, 2.05) is 18.7 Å². The molecule has 0 aliphatic carbocycles. The van der Waals surface area contributed by atoms with Crippen LogP contribution in [0.25, 0.3) is 0 Å². The van der Waals surface area contributed by atoms with E-state index in [0.29, 0.717) is 50.4 Å². The van der Waals surface area contributed by atoms with Crippen molar-refractivity contribution >= 4 is 23.6 Å². The maximum absolute atomic E-state index is 12.7. The summed E-state index contributed by atoms with van der Waals surface area (Å²) in [5.41, 5.74) is 0.802. The van der Waals surface area contributed by atoms with Gasteiger partial charge in [-0.3, -0.25) is 29.0 Å². The topological polar surface area (TPSA) is 81.2 Å². The van der Waals surface area contributed by atoms with Gasteiger partial charge in [0.2, 0.25) is 11.8 Å². The van der Waals surface area contributed by atoms with Gasteiger partial charge in [-0.2, -0.15) is 0 Å². The van der Waals surface area contributed by atoms with Gasteiger partial charge in [-0.1, -0.05) is 12.1 Å². The number of benzene rings is 1. The molecular formula is C22H30N4O4. The average Bonchev–Trinajstić information content (AvgIpc) is 2.90. The smallest absolute Gasteiger partial charge is 0.261 e. The number of hydrogen-bond acceptors (Lipinski definition) is 5. The number of rotatable bonds is 7. The zero-order chi connectivity index (χ0) is 21.7. The first-order valence-corrected chi connectivity index (χ1v) is 10.7. The van der Waals surface area contributed by atoms with Crippen molar-refractivity contribution in [3.63, 3.8) is 0 Å². The summed E-state index contributed by atoms with van der Waals surface area (Å²) >= 11 is 0. The lowest BCUT2D eigenvalue weighted by Crippen LogP contribution is -2.42. The lowest BCUT2D eigenvalue weighted by atomic mass is 10.1. The second-order valence-electron chi connectivity index (χ2n) is 7.63. The molecule has 30 heavy (non-hydrogen) atoms. The number of carbonyl (C=O) groups is 4. The molecule has 3 rings (SSSR count). The van der Waals surface area contributed by atoms with E-state index in [4.69, 9.17) is 0 Å². The number of carbonyl (C=O) groups excluding carboxylic acids is 4. The van der Waals surface area contributed by atoms with Crippen LogP contribution >= 0.6 is 0 Å². The van der Waals surface area contributed by atoms with Crippen molar-refractivity contribution in [1.29, 1.82) is 0 Å². The van der Waals surface area contributed by atoms with Gasteiger partial charge in [0, 0.05) is 52.2 Å². The standard InChI is InChI=1S/C22H30N4O4/c1-3-24(4-2)20(28)16-23-11-7-12-25(15-14-23)19(27)10-13-26-21(29)17-8-5-6-9-18(17)22(26)30/h5-6,8-9H,3-4,7,10-16H2,1-2H3. The van der Waals surface area contributed by atoms with Gasteiger partial charge >= 0.3 is 0 Å². The third-order valence-corrected chi connectivity index (χ3v) is 5.84. The molecule has 0 radical (unpaired) electrons. The summed E-state index contributed by atoms with van der Waals surface area (Å²) < 4.78 is 0. The molecule has 1 fully saturated rings. The van der Waals surface area contributed by atoms with Crippen molar-refractivity contribution in [1.82, 2.24) is 19.6 Å². The summed E-state index contributed by atoms with van der Waals surface area (Å²) in [6.07, 6.45) is 0.911. The van der Waals surface area contributed by atoms with Crippen molar-refractivity contribution in [3.8, 4) is 0 Å². The van der Waals surface area contributed by atoms with Gasteiger partial charge in [0.25, 0.3) is 11.8 Å². The van der Waals surface area contributed by atoms with E-state index in [1.54, 1.807) is 29.2 Å². The first-order valence-electron chi connectivity index (χ1n) is 10.7. The molecule has 0 saturated carbocycles. The summed E-state index contributed by atoms with van der Waals surface area (Å²) in [5, 5.41) is 0. The van der Waals surface area contributed by atoms with Gasteiger partial charge in [0.1, 0.15) is 0 Å². The Morgan fingerprint density at radius 2 is 1.57 bits per heavy atom. The van der Waals surface area contributed by atoms with Crippen LogP contribution in [0.2, 0.25) is 0 Å². The maximum atomic E-state index is 12.7. The molecule has 2 aliphatic heterocycles. The Hall–Kier alpha value is -2.74. The van der Waals surface area contributed by atoms with E-state index in [1.165, 1.54) is 0 Å². The normalized spacial score (nSPS) is 17.1. The molecule has 2 aliphatic rings. The molecule has 1 aromatic rings. The molecule has 8 nitrogen and oxygen atoms in total. The second-order valence-corrected chi connectivity index (χ2v) is 7.63. The van der Waals surface area contributed by atoms with Crippen LogP contribution in [0.5, 0.6) is 0 Å². The summed E-state index contributed by atoms with van der Waals surface area (Å²) in [6.45, 7) is 8.39. The fourth-order valence-electron chi connectivity index (χ4n) is 4.05. The van der Waals surface area contributed by atoms with E-state index in [9.17, 15) is 19.2 Å². The highest BCUT2D eigenvalue weighted by Gasteiger charge is 2.35. The van der Waals surface area contributed by atoms with Crippen LogP contribution in [0.4, 0.5) is 0 Å². The fourth-order valence-corrected chi connectivity index (χ4v) is 4.05. The summed E-state index contributed by atoms with van der Waals surface area (Å²) in [6, 6.07) is 6.74. The third kappa shape index (κ3) is 4.70. The van der Waals surface area contributed by atoms with Crippen LogP contribution in [0.1, 0.15) is 47.4 Å². The molecular weight excluding hydrogens is 384 g/mol. The molecule has 0 atom stereocenters. The van der Waals surface area contributed by atoms with Crippen LogP contribution < -0.4 is 0 Å². The molecule has 1 aromatic carbocycles. The second kappa shape index (κ2) is 9.84. The van der Waals surface area contributed by atoms with Gasteiger partial charge < -0.3 is 9.80 Å². The van der Waals surface area contributed by atoms with Gasteiger partial charge in [-0.15, -0.1) is 0 Å². The lowest BCUT2D eigenvalue weighted by molar-refractivity contribution is -0.132. The Morgan fingerprint density at radius 3 is 2.17 bits per heavy atom. The van der Waals surface area contributed by atoms with Crippen molar-refractivity contribution < 1.29 is 19.2 Å². The number of likely N-dealkylation sites (N-methyl/N-ethyl adjacent to an activating group) is 1. The van der Waals surface area contributed by atoms with Crippen LogP contribution in [-0.4, -0.2) is 95.6 Å². The lowest BCUT2D eigenvalue weighted by Gasteiger charge is -2.25. The molecule has 0 unspecified atom stereocenters. The number of hydrogen-bond donors (Lipinski definition) is 0. The van der Waals surface area contributed by atoms with Gasteiger partial charge in [0.05, 0.1) is 17.7 Å². The zero-order valence-corrected chi connectivity index (χ0v) is 17.8. The van der Waals surface area contributed by atoms with Crippen molar-refractivity contribution in [2.45, 2.75) is 26.7 Å². The molecule has 162 valence electrons. The van der Waals surface area contributed by atoms with Crippen molar-refractivity contribution in [2.24, 2.45) is 0 Å². The number of amides is 4. The fraction of sp³-hybridized carbons (Fsp3) is 0.545. The third-order valence-electron chi connectivity index (χ3n) is 5.84. The zero-order valence-electron chi connectivity index (χ0n) is 17.8. The van der Waals surface area contributed by atoms with Gasteiger partial charge in [-0.05, 0) is 32.4 Å². The highest BCUT2D eigenvalue weighted by molar-refractivity contribution is 6.21. The van der Waals surface area contributed by atoms with E-state index in [-0.39, 0.29) is 36.6 Å². The van der Waals surface area contributed by atoms with Crippen LogP contribution in [0.3, 0.4) is 0 Å². The van der Waals surface area contributed by atoms with E-state index < -0.39 is 0 Å². The largest absolute Gasteiger partial charge is 0.342 e. The summed E-state index contributed by atoms with van der Waals surface area (Å²) in [4.78, 5) is 56.8. The Bertz CT molecular complexity index is 786. The van der Waals surface area contributed by atoms with Crippen LogP contribution in [-0.2, 0) is 9.59 Å².